The Kier molecular flexibility index (Phi) is 4.33. The van der Waals surface area contributed by atoms with Crippen molar-refractivity contribution in [2.75, 3.05) is 6.54 Å². The second-order valence-corrected chi connectivity index (χ2v) is 5.41. The normalized spacial score (nSPS) is 10.8. The van der Waals surface area contributed by atoms with Gasteiger partial charge in [-0.2, -0.15) is 5.10 Å². The van der Waals surface area contributed by atoms with Gasteiger partial charge in [-0.15, -0.1) is 5.10 Å². The first-order chi connectivity index (χ1) is 11.6. The summed E-state index contributed by atoms with van der Waals surface area (Å²) in [6, 6.07) is 10.5. The van der Waals surface area contributed by atoms with E-state index < -0.39 is 0 Å². The summed E-state index contributed by atoms with van der Waals surface area (Å²) in [7, 11) is 0. The lowest BCUT2D eigenvalue weighted by Gasteiger charge is -2.19. The van der Waals surface area contributed by atoms with E-state index in [1.54, 1.807) is 35.2 Å². The number of rotatable bonds is 4. The molecule has 1 amide bonds. The Morgan fingerprint density at radius 3 is 2.67 bits per heavy atom. The van der Waals surface area contributed by atoms with Crippen LogP contribution in [0.15, 0.2) is 41.2 Å². The van der Waals surface area contributed by atoms with Crippen molar-refractivity contribution in [1.82, 2.24) is 25.1 Å². The molecule has 0 atom stereocenters. The Labute approximate surface area is 138 Å². The molecule has 0 saturated carbocycles. The molecule has 0 aliphatic carbocycles. The first kappa shape index (κ1) is 15.8. The molecule has 1 N–H and O–H groups in total. The third kappa shape index (κ3) is 3.15. The summed E-state index contributed by atoms with van der Waals surface area (Å²) in [6.45, 7) is 4.33. The fourth-order valence-electron chi connectivity index (χ4n) is 2.39. The quantitative estimate of drug-likeness (QED) is 0.789. The number of hydrogen-bond acceptors (Lipinski definition) is 5. The van der Waals surface area contributed by atoms with Gasteiger partial charge in [0.25, 0.3) is 11.5 Å². The fourth-order valence-corrected chi connectivity index (χ4v) is 2.39. The number of carbonyl (C=O) groups is 1. The van der Waals surface area contributed by atoms with Gasteiger partial charge in [-0.05, 0) is 38.1 Å². The molecule has 0 aliphatic rings. The third-order valence-corrected chi connectivity index (χ3v) is 3.69. The Balaban J connectivity index is 1.89. The molecule has 122 valence electrons. The zero-order valence-electron chi connectivity index (χ0n) is 13.5. The van der Waals surface area contributed by atoms with Crippen LogP contribution in [-0.4, -0.2) is 37.5 Å². The van der Waals surface area contributed by atoms with Gasteiger partial charge in [0.05, 0.1) is 23.1 Å². The predicted molar refractivity (Wildman–Crippen MR) is 89.5 cm³/mol. The van der Waals surface area contributed by atoms with E-state index in [0.717, 1.165) is 5.69 Å². The highest BCUT2D eigenvalue weighted by Crippen LogP contribution is 2.09. The molecule has 0 spiro atoms. The summed E-state index contributed by atoms with van der Waals surface area (Å²) in [5, 5.41) is 8.36. The highest BCUT2D eigenvalue weighted by molar-refractivity contribution is 5.92. The molecule has 7 nitrogen and oxygen atoms in total. The molecule has 0 saturated heterocycles. The molecule has 0 radical (unpaired) electrons. The van der Waals surface area contributed by atoms with E-state index in [1.807, 2.05) is 19.9 Å². The number of nitrogens with zero attached hydrogens (tertiary/aromatic N) is 4. The van der Waals surface area contributed by atoms with Crippen LogP contribution in [0.3, 0.4) is 0 Å². The maximum Gasteiger partial charge on any atom is 0.274 e. The Morgan fingerprint density at radius 2 is 1.96 bits per heavy atom. The van der Waals surface area contributed by atoms with Gasteiger partial charge in [0.1, 0.15) is 5.82 Å². The van der Waals surface area contributed by atoms with E-state index in [1.165, 1.54) is 0 Å². The number of para-hydroxylation sites is 1. The number of aromatic amines is 1. The van der Waals surface area contributed by atoms with Crippen molar-refractivity contribution in [3.05, 3.63) is 64.0 Å². The Hall–Kier alpha value is -3.09. The molecule has 24 heavy (non-hydrogen) atoms. The van der Waals surface area contributed by atoms with Crippen molar-refractivity contribution < 1.29 is 4.79 Å². The monoisotopic (exact) mass is 323 g/mol. The minimum atomic E-state index is -0.249. The van der Waals surface area contributed by atoms with Crippen LogP contribution in [0.5, 0.6) is 0 Å². The number of hydrogen-bond donors (Lipinski definition) is 1. The molecule has 0 unspecified atom stereocenters. The third-order valence-electron chi connectivity index (χ3n) is 3.69. The summed E-state index contributed by atoms with van der Waals surface area (Å²) < 4.78 is 0. The number of fused-ring (bicyclic) bond motifs is 1. The summed E-state index contributed by atoms with van der Waals surface area (Å²) >= 11 is 0. The van der Waals surface area contributed by atoms with Crippen LogP contribution in [0, 0.1) is 6.92 Å². The van der Waals surface area contributed by atoms with Crippen LogP contribution in [0.2, 0.25) is 0 Å². The number of benzene rings is 1. The minimum absolute atomic E-state index is 0.199. The van der Waals surface area contributed by atoms with Gasteiger partial charge in [0.2, 0.25) is 0 Å². The van der Waals surface area contributed by atoms with E-state index >= 15 is 0 Å². The SMILES string of the molecule is CCN(Cc1nc2ccccc2c(=O)[nH]1)C(=O)c1ccc(C)nn1. The van der Waals surface area contributed by atoms with E-state index in [-0.39, 0.29) is 23.7 Å². The Morgan fingerprint density at radius 1 is 1.17 bits per heavy atom. The minimum Gasteiger partial charge on any atom is -0.330 e. The number of H-pyrrole nitrogens is 1. The lowest BCUT2D eigenvalue weighted by atomic mass is 10.2. The zero-order valence-corrected chi connectivity index (χ0v) is 13.5. The summed E-state index contributed by atoms with van der Waals surface area (Å²) in [5.41, 5.74) is 1.41. The summed E-state index contributed by atoms with van der Waals surface area (Å²) in [6.07, 6.45) is 0. The molecule has 2 aromatic heterocycles. The summed E-state index contributed by atoms with van der Waals surface area (Å²) in [4.78, 5) is 33.4. The van der Waals surface area contributed by atoms with Crippen molar-refractivity contribution in [2.24, 2.45) is 0 Å². The van der Waals surface area contributed by atoms with E-state index in [2.05, 4.69) is 20.2 Å². The zero-order chi connectivity index (χ0) is 17.1. The number of aromatic nitrogens is 4. The molecule has 2 heterocycles. The van der Waals surface area contributed by atoms with Gasteiger partial charge in [0.15, 0.2) is 5.69 Å². The van der Waals surface area contributed by atoms with Gasteiger partial charge in [-0.1, -0.05) is 12.1 Å². The van der Waals surface area contributed by atoms with Gasteiger partial charge in [-0.3, -0.25) is 9.59 Å². The van der Waals surface area contributed by atoms with E-state index in [4.69, 9.17) is 0 Å². The molecule has 1 aromatic carbocycles. The molecule has 0 fully saturated rings. The smallest absolute Gasteiger partial charge is 0.274 e. The van der Waals surface area contributed by atoms with Crippen LogP contribution in [0.1, 0.15) is 28.9 Å². The maximum atomic E-state index is 12.5. The maximum absolute atomic E-state index is 12.5. The molecule has 3 aromatic rings. The number of amides is 1. The van der Waals surface area contributed by atoms with Gasteiger partial charge < -0.3 is 9.88 Å². The van der Waals surface area contributed by atoms with Crippen molar-refractivity contribution >= 4 is 16.8 Å². The van der Waals surface area contributed by atoms with E-state index in [0.29, 0.717) is 23.3 Å². The first-order valence-electron chi connectivity index (χ1n) is 7.66. The lowest BCUT2D eigenvalue weighted by Crippen LogP contribution is -2.32. The molecular formula is C17H17N5O2. The van der Waals surface area contributed by atoms with Gasteiger partial charge >= 0.3 is 0 Å². The molecular weight excluding hydrogens is 306 g/mol. The lowest BCUT2D eigenvalue weighted by molar-refractivity contribution is 0.0741. The van der Waals surface area contributed by atoms with Crippen molar-refractivity contribution in [1.29, 1.82) is 0 Å². The number of aryl methyl sites for hydroxylation is 1. The number of nitrogens with one attached hydrogen (secondary N) is 1. The largest absolute Gasteiger partial charge is 0.330 e. The fraction of sp³-hybridized carbons (Fsp3) is 0.235. The van der Waals surface area contributed by atoms with Crippen LogP contribution < -0.4 is 5.56 Å². The summed E-state index contributed by atoms with van der Waals surface area (Å²) in [5.74, 6) is 0.190. The van der Waals surface area contributed by atoms with Gasteiger partial charge in [-0.25, -0.2) is 4.98 Å². The predicted octanol–water partition coefficient (Wildman–Crippen LogP) is 1.68. The van der Waals surface area contributed by atoms with Crippen molar-refractivity contribution in [2.45, 2.75) is 20.4 Å². The molecule has 7 heteroatoms. The number of carbonyl (C=O) groups excluding carboxylic acids is 1. The molecule has 0 aliphatic heterocycles. The first-order valence-corrected chi connectivity index (χ1v) is 7.66. The second kappa shape index (κ2) is 6.57. The van der Waals surface area contributed by atoms with Crippen LogP contribution in [-0.2, 0) is 6.54 Å². The highest BCUT2D eigenvalue weighted by atomic mass is 16.2. The second-order valence-electron chi connectivity index (χ2n) is 5.41. The standard InChI is InChI=1S/C17H17N5O2/c1-3-22(17(24)14-9-8-11(2)20-21-14)10-15-18-13-7-5-4-6-12(13)16(23)19-15/h4-9H,3,10H2,1-2H3,(H,18,19,23). The Bertz CT molecular complexity index is 934. The van der Waals surface area contributed by atoms with Gasteiger partial charge in [0, 0.05) is 6.54 Å². The van der Waals surface area contributed by atoms with Crippen LogP contribution >= 0.6 is 0 Å². The van der Waals surface area contributed by atoms with E-state index in [9.17, 15) is 9.59 Å². The average molecular weight is 323 g/mol. The molecule has 3 rings (SSSR count). The van der Waals surface area contributed by atoms with Crippen molar-refractivity contribution in [3.63, 3.8) is 0 Å². The van der Waals surface area contributed by atoms with Crippen molar-refractivity contribution in [3.8, 4) is 0 Å². The average Bonchev–Trinajstić information content (AvgIpc) is 2.60. The van der Waals surface area contributed by atoms with Crippen LogP contribution in [0.25, 0.3) is 10.9 Å². The highest BCUT2D eigenvalue weighted by Gasteiger charge is 2.17. The topological polar surface area (TPSA) is 91.8 Å². The molecule has 0 bridgehead atoms. The van der Waals surface area contributed by atoms with Crippen LogP contribution in [0.4, 0.5) is 0 Å².